The highest BCUT2D eigenvalue weighted by Gasteiger charge is 2.36. The highest BCUT2D eigenvalue weighted by atomic mass is 32.3. The van der Waals surface area contributed by atoms with Gasteiger partial charge >= 0.3 is 7.91 Å². The van der Waals surface area contributed by atoms with Gasteiger partial charge in [-0.3, -0.25) is 0 Å². The molecule has 0 radical (unpaired) electrons. The molecule has 0 aliphatic rings. The van der Waals surface area contributed by atoms with Crippen LogP contribution in [0, 0.1) is 0 Å². The summed E-state index contributed by atoms with van der Waals surface area (Å²) in [5.41, 5.74) is 0. The lowest BCUT2D eigenvalue weighted by atomic mass is 10.1. The van der Waals surface area contributed by atoms with Gasteiger partial charge < -0.3 is 0 Å². The summed E-state index contributed by atoms with van der Waals surface area (Å²) in [6.07, 6.45) is 24.6. The molecule has 0 fully saturated rings. The standard InChI is InChI=1S/C22H50FO3PS2/c1-7-9-11-13-15-17-19-21-28(3,4)25-27(23,24)26-29(5,6)22-20-18-16-14-12-10-8-2/h7-22H2,1-6H3. The van der Waals surface area contributed by atoms with E-state index in [1.165, 1.54) is 64.2 Å². The zero-order valence-corrected chi connectivity index (χ0v) is 22.7. The van der Waals surface area contributed by atoms with Crippen LogP contribution in [0.2, 0.25) is 0 Å². The lowest BCUT2D eigenvalue weighted by molar-refractivity contribution is 0.368. The van der Waals surface area contributed by atoms with E-state index in [1.807, 2.05) is 25.0 Å². The predicted molar refractivity (Wildman–Crippen MR) is 135 cm³/mol. The van der Waals surface area contributed by atoms with Crippen LogP contribution in [0.5, 0.6) is 0 Å². The Morgan fingerprint density at radius 1 is 0.586 bits per heavy atom. The van der Waals surface area contributed by atoms with E-state index in [4.69, 9.17) is 7.94 Å². The summed E-state index contributed by atoms with van der Waals surface area (Å²) in [4.78, 5) is 0. The van der Waals surface area contributed by atoms with E-state index in [1.54, 1.807) is 0 Å². The number of rotatable bonds is 20. The van der Waals surface area contributed by atoms with Gasteiger partial charge in [-0.25, -0.2) is 12.5 Å². The van der Waals surface area contributed by atoms with Crippen LogP contribution < -0.4 is 0 Å². The minimum atomic E-state index is -4.50. The number of unbranched alkanes of at least 4 members (excludes halogenated alkanes) is 12. The fourth-order valence-corrected chi connectivity index (χ4v) is 9.96. The van der Waals surface area contributed by atoms with Gasteiger partial charge in [0.05, 0.1) is 0 Å². The molecule has 7 heteroatoms. The summed E-state index contributed by atoms with van der Waals surface area (Å²) in [6.45, 7) is 4.44. The highest BCUT2D eigenvalue weighted by Crippen LogP contribution is 2.69. The maximum Gasteiger partial charge on any atom is 0.532 e. The van der Waals surface area contributed by atoms with Crippen molar-refractivity contribution >= 4 is 28.5 Å². The molecule has 0 atom stereocenters. The van der Waals surface area contributed by atoms with Gasteiger partial charge in [0.2, 0.25) is 0 Å². The molecular weight excluding hydrogens is 426 g/mol. The molecule has 0 aromatic carbocycles. The Bertz CT molecular complexity index is 412. The predicted octanol–water partition coefficient (Wildman–Crippen LogP) is 9.56. The van der Waals surface area contributed by atoms with E-state index in [0.717, 1.165) is 37.2 Å². The van der Waals surface area contributed by atoms with Gasteiger partial charge in [0, 0.05) is 0 Å². The Morgan fingerprint density at radius 2 is 0.862 bits per heavy atom. The third-order valence-electron chi connectivity index (χ3n) is 5.06. The van der Waals surface area contributed by atoms with Gasteiger partial charge in [-0.1, -0.05) is 90.9 Å². The second-order valence-corrected chi connectivity index (χ2v) is 17.7. The molecule has 0 saturated heterocycles. The summed E-state index contributed by atoms with van der Waals surface area (Å²) in [5, 5.41) is 0. The van der Waals surface area contributed by atoms with Crippen molar-refractivity contribution in [3.8, 4) is 0 Å². The molecule has 0 aromatic rings. The topological polar surface area (TPSA) is 35.5 Å². The minimum absolute atomic E-state index is 0.783. The summed E-state index contributed by atoms with van der Waals surface area (Å²) < 4.78 is 38.0. The van der Waals surface area contributed by atoms with Crippen LogP contribution in [0.4, 0.5) is 4.20 Å². The van der Waals surface area contributed by atoms with E-state index in [2.05, 4.69) is 13.8 Å². The van der Waals surface area contributed by atoms with Gasteiger partial charge in [0.25, 0.3) is 0 Å². The molecule has 0 N–H and O–H groups in total. The van der Waals surface area contributed by atoms with Gasteiger partial charge in [-0.05, 0) is 49.4 Å². The average molecular weight is 477 g/mol. The van der Waals surface area contributed by atoms with Crippen LogP contribution in [0.15, 0.2) is 0 Å². The summed E-state index contributed by atoms with van der Waals surface area (Å²) in [7, 11) is -7.90. The fourth-order valence-electron chi connectivity index (χ4n) is 3.38. The SMILES string of the molecule is CCCCCCCCCS(C)(C)OP(=O)(F)OS(C)(C)CCCCCCCCC. The second kappa shape index (κ2) is 16.4. The van der Waals surface area contributed by atoms with Crippen LogP contribution in [-0.4, -0.2) is 36.5 Å². The molecule has 180 valence electrons. The van der Waals surface area contributed by atoms with Crippen molar-refractivity contribution in [1.82, 2.24) is 0 Å². The maximum atomic E-state index is 14.7. The van der Waals surface area contributed by atoms with Crippen LogP contribution in [-0.2, 0) is 12.5 Å². The number of hydrogen-bond donors (Lipinski definition) is 0. The third kappa shape index (κ3) is 19.2. The van der Waals surface area contributed by atoms with Crippen molar-refractivity contribution in [2.24, 2.45) is 0 Å². The summed E-state index contributed by atoms with van der Waals surface area (Å²) in [5.74, 6) is 1.57. The van der Waals surface area contributed by atoms with Gasteiger partial charge in [-0.2, -0.15) is 0 Å². The van der Waals surface area contributed by atoms with Crippen LogP contribution in [0.3, 0.4) is 0 Å². The van der Waals surface area contributed by atoms with Crippen molar-refractivity contribution in [2.75, 3.05) is 36.5 Å². The normalized spacial score (nSPS) is 14.3. The summed E-state index contributed by atoms with van der Waals surface area (Å²) in [6, 6.07) is 0. The molecule has 0 heterocycles. The molecule has 0 aliphatic carbocycles. The first-order valence-electron chi connectivity index (χ1n) is 11.7. The zero-order valence-electron chi connectivity index (χ0n) is 20.2. The quantitative estimate of drug-likeness (QED) is 0.130. The van der Waals surface area contributed by atoms with E-state index in [0.29, 0.717) is 0 Å². The van der Waals surface area contributed by atoms with Crippen LogP contribution >= 0.6 is 28.5 Å². The van der Waals surface area contributed by atoms with E-state index in [9.17, 15) is 8.76 Å². The van der Waals surface area contributed by atoms with Gasteiger partial charge in [0.15, 0.2) is 0 Å². The second-order valence-electron chi connectivity index (χ2n) is 9.10. The third-order valence-corrected chi connectivity index (χ3v) is 12.3. The lowest BCUT2D eigenvalue weighted by Gasteiger charge is -2.36. The van der Waals surface area contributed by atoms with Crippen molar-refractivity contribution in [3.05, 3.63) is 0 Å². The van der Waals surface area contributed by atoms with E-state index in [-0.39, 0.29) is 0 Å². The molecule has 0 bridgehead atoms. The fraction of sp³-hybridized carbons (Fsp3) is 1.00. The Morgan fingerprint density at radius 3 is 1.17 bits per heavy atom. The highest BCUT2D eigenvalue weighted by molar-refractivity contribution is 8.32. The Kier molecular flexibility index (Phi) is 16.9. The van der Waals surface area contributed by atoms with Crippen molar-refractivity contribution in [1.29, 1.82) is 0 Å². The molecule has 0 rings (SSSR count). The van der Waals surface area contributed by atoms with Gasteiger partial charge in [-0.15, -0.1) is 24.8 Å². The first kappa shape index (κ1) is 29.8. The molecule has 0 unspecified atom stereocenters. The first-order chi connectivity index (χ1) is 13.5. The monoisotopic (exact) mass is 476 g/mol. The van der Waals surface area contributed by atoms with Gasteiger partial charge in [0.1, 0.15) is 0 Å². The Labute approximate surface area is 185 Å². The molecule has 29 heavy (non-hydrogen) atoms. The van der Waals surface area contributed by atoms with Crippen molar-refractivity contribution < 1.29 is 16.7 Å². The zero-order chi connectivity index (χ0) is 22.2. The lowest BCUT2D eigenvalue weighted by Crippen LogP contribution is -2.08. The maximum absolute atomic E-state index is 14.7. The Balaban J connectivity index is 4.13. The molecule has 3 nitrogen and oxygen atoms in total. The first-order valence-corrected chi connectivity index (χ1v) is 18.2. The van der Waals surface area contributed by atoms with Crippen molar-refractivity contribution in [2.45, 2.75) is 104 Å². The molecule has 0 saturated carbocycles. The molecule has 0 amide bonds. The summed E-state index contributed by atoms with van der Waals surface area (Å²) >= 11 is 0. The van der Waals surface area contributed by atoms with Crippen molar-refractivity contribution in [3.63, 3.8) is 0 Å². The minimum Gasteiger partial charge on any atom is -0.234 e. The van der Waals surface area contributed by atoms with E-state index < -0.39 is 28.5 Å². The van der Waals surface area contributed by atoms with E-state index >= 15 is 0 Å². The number of halogens is 1. The Hall–Kier alpha value is 0.780. The molecule has 0 aromatic heterocycles. The smallest absolute Gasteiger partial charge is 0.234 e. The largest absolute Gasteiger partial charge is 0.532 e. The number of hydrogen-bond acceptors (Lipinski definition) is 3. The molecular formula is C22H50FO3PS2. The van der Waals surface area contributed by atoms with Crippen LogP contribution in [0.1, 0.15) is 104 Å². The molecule has 0 spiro atoms. The van der Waals surface area contributed by atoms with Crippen LogP contribution in [0.25, 0.3) is 0 Å². The molecule has 0 aliphatic heterocycles. The average Bonchev–Trinajstić information content (AvgIpc) is 2.58.